The van der Waals surface area contributed by atoms with Gasteiger partial charge in [-0.1, -0.05) is 0 Å². The van der Waals surface area contributed by atoms with Crippen LogP contribution in [0.15, 0.2) is 30.3 Å². The van der Waals surface area contributed by atoms with Crippen LogP contribution < -0.4 is 15.5 Å². The Bertz CT molecular complexity index is 1030. The van der Waals surface area contributed by atoms with Crippen molar-refractivity contribution in [2.24, 2.45) is 5.92 Å². The molecule has 3 heterocycles. The van der Waals surface area contributed by atoms with Crippen LogP contribution in [0.3, 0.4) is 0 Å². The fourth-order valence-corrected chi connectivity index (χ4v) is 5.40. The maximum atomic E-state index is 13.4. The molecule has 1 fully saturated rings. The van der Waals surface area contributed by atoms with Crippen LogP contribution in [0.2, 0.25) is 0 Å². The van der Waals surface area contributed by atoms with Crippen molar-refractivity contribution in [1.29, 1.82) is 0 Å². The normalized spacial score (nSPS) is 22.5. The Morgan fingerprint density at radius 1 is 1.00 bits per heavy atom. The Kier molecular flexibility index (Phi) is 5.07. The SMILES string of the molecule is FC(F)(F)c1ccc(C(F)(F)F)c(CNc2cc3c4c(c2)[C@@H]2CNC[C@@H]2CN4CCC3)c1. The Balaban J connectivity index is 1.48. The van der Waals surface area contributed by atoms with Crippen LogP contribution in [0.1, 0.15) is 40.2 Å². The number of aryl methyl sites for hydroxylation is 1. The quantitative estimate of drug-likeness (QED) is 0.607. The molecule has 1 saturated heterocycles. The summed E-state index contributed by atoms with van der Waals surface area (Å²) in [6.45, 7) is 3.46. The van der Waals surface area contributed by atoms with Crippen LogP contribution >= 0.6 is 0 Å². The van der Waals surface area contributed by atoms with Crippen LogP contribution in [-0.4, -0.2) is 26.2 Å². The second-order valence-electron chi connectivity index (χ2n) is 8.87. The molecule has 9 heteroatoms. The van der Waals surface area contributed by atoms with Crippen molar-refractivity contribution in [1.82, 2.24) is 5.32 Å². The Morgan fingerprint density at radius 3 is 2.56 bits per heavy atom. The minimum Gasteiger partial charge on any atom is -0.381 e. The number of benzene rings is 2. The standard InChI is InChI=1S/C23H23F6N3/c24-22(25,26)16-3-4-20(23(27,28)29)14(6-16)10-31-17-7-13-2-1-5-32-12-15-9-30-11-19(15)18(8-17)21(13)32/h3-4,6-8,15,19,30-31H,1-2,5,9-12H2/t15-,19-/m1/s1. The Hall–Kier alpha value is -2.42. The highest BCUT2D eigenvalue weighted by Gasteiger charge is 2.39. The van der Waals surface area contributed by atoms with Crippen molar-refractivity contribution in [3.05, 3.63) is 58.1 Å². The number of alkyl halides is 6. The third-order valence-corrected chi connectivity index (χ3v) is 6.82. The van der Waals surface area contributed by atoms with Crippen molar-refractivity contribution in [3.63, 3.8) is 0 Å². The zero-order chi connectivity index (χ0) is 22.7. The predicted octanol–water partition coefficient (Wildman–Crippen LogP) is 5.41. The van der Waals surface area contributed by atoms with Crippen molar-refractivity contribution in [3.8, 4) is 0 Å². The first-order valence-corrected chi connectivity index (χ1v) is 10.7. The van der Waals surface area contributed by atoms with E-state index in [0.29, 0.717) is 35.7 Å². The molecule has 2 N–H and O–H groups in total. The summed E-state index contributed by atoms with van der Waals surface area (Å²) in [5.74, 6) is 0.836. The molecule has 0 saturated carbocycles. The van der Waals surface area contributed by atoms with Crippen LogP contribution in [0.5, 0.6) is 0 Å². The van der Waals surface area contributed by atoms with Crippen molar-refractivity contribution in [2.75, 3.05) is 36.4 Å². The smallest absolute Gasteiger partial charge is 0.381 e. The maximum absolute atomic E-state index is 13.4. The van der Waals surface area contributed by atoms with Gasteiger partial charge in [0.05, 0.1) is 11.1 Å². The first-order valence-electron chi connectivity index (χ1n) is 10.7. The summed E-state index contributed by atoms with van der Waals surface area (Å²) in [7, 11) is 0. The minimum atomic E-state index is -4.73. The molecule has 3 aliphatic rings. The van der Waals surface area contributed by atoms with Gasteiger partial charge >= 0.3 is 12.4 Å². The molecular formula is C23H23F6N3. The monoisotopic (exact) mass is 455 g/mol. The Morgan fingerprint density at radius 2 is 1.81 bits per heavy atom. The molecule has 0 amide bonds. The molecule has 0 unspecified atom stereocenters. The molecular weight excluding hydrogens is 432 g/mol. The lowest BCUT2D eigenvalue weighted by molar-refractivity contribution is -0.141. The first-order chi connectivity index (χ1) is 15.1. The van der Waals surface area contributed by atoms with Crippen molar-refractivity contribution in [2.45, 2.75) is 37.7 Å². The van der Waals surface area contributed by atoms with Gasteiger partial charge in [-0.25, -0.2) is 0 Å². The van der Waals surface area contributed by atoms with E-state index in [-0.39, 0.29) is 6.54 Å². The van der Waals surface area contributed by atoms with Gasteiger partial charge in [0.25, 0.3) is 0 Å². The summed E-state index contributed by atoms with van der Waals surface area (Å²) >= 11 is 0. The fourth-order valence-electron chi connectivity index (χ4n) is 5.40. The van der Waals surface area contributed by atoms with Crippen molar-refractivity contribution >= 4 is 11.4 Å². The first kappa shape index (κ1) is 21.4. The molecule has 32 heavy (non-hydrogen) atoms. The van der Waals surface area contributed by atoms with E-state index in [2.05, 4.69) is 15.5 Å². The summed E-state index contributed by atoms with van der Waals surface area (Å²) in [5, 5.41) is 6.42. The number of rotatable bonds is 3. The van der Waals surface area contributed by atoms with Gasteiger partial charge in [0.1, 0.15) is 0 Å². The molecule has 2 aromatic rings. The molecule has 2 aromatic carbocycles. The van der Waals surface area contributed by atoms with E-state index in [1.165, 1.54) is 11.3 Å². The average molecular weight is 455 g/mol. The number of nitrogens with zero attached hydrogens (tertiary/aromatic N) is 1. The second kappa shape index (κ2) is 7.57. The zero-order valence-corrected chi connectivity index (χ0v) is 17.2. The third kappa shape index (κ3) is 3.80. The van der Waals surface area contributed by atoms with Gasteiger partial charge in [-0.15, -0.1) is 0 Å². The number of fused-ring (bicyclic) bond motifs is 2. The second-order valence-corrected chi connectivity index (χ2v) is 8.87. The number of halogens is 6. The number of hydrogen-bond donors (Lipinski definition) is 2. The van der Waals surface area contributed by atoms with E-state index >= 15 is 0 Å². The van der Waals surface area contributed by atoms with Gasteiger partial charge in [0, 0.05) is 50.0 Å². The van der Waals surface area contributed by atoms with E-state index in [9.17, 15) is 26.3 Å². The van der Waals surface area contributed by atoms with Crippen molar-refractivity contribution < 1.29 is 26.3 Å². The highest BCUT2D eigenvalue weighted by Crippen LogP contribution is 2.46. The molecule has 0 aromatic heterocycles. The predicted molar refractivity (Wildman–Crippen MR) is 110 cm³/mol. The van der Waals surface area contributed by atoms with Crippen LogP contribution in [0.4, 0.5) is 37.7 Å². The van der Waals surface area contributed by atoms with Crippen LogP contribution in [0, 0.1) is 5.92 Å². The zero-order valence-electron chi connectivity index (χ0n) is 17.2. The largest absolute Gasteiger partial charge is 0.416 e. The number of nitrogens with one attached hydrogen (secondary N) is 2. The number of anilines is 2. The van der Waals surface area contributed by atoms with Gasteiger partial charge in [-0.2, -0.15) is 26.3 Å². The van der Waals surface area contributed by atoms with Gasteiger partial charge in [0.15, 0.2) is 0 Å². The molecule has 0 bridgehead atoms. The average Bonchev–Trinajstić information content (AvgIpc) is 3.19. The molecule has 0 aliphatic carbocycles. The third-order valence-electron chi connectivity index (χ3n) is 6.82. The minimum absolute atomic E-state index is 0.340. The van der Waals surface area contributed by atoms with Crippen LogP contribution in [0.25, 0.3) is 0 Å². The van der Waals surface area contributed by atoms with E-state index in [1.807, 2.05) is 12.1 Å². The lowest BCUT2D eigenvalue weighted by atomic mass is 9.80. The molecule has 2 atom stereocenters. The van der Waals surface area contributed by atoms with Crippen LogP contribution in [-0.2, 0) is 25.3 Å². The summed E-state index contributed by atoms with van der Waals surface area (Å²) in [5.41, 5.74) is 1.68. The van der Waals surface area contributed by atoms with Gasteiger partial charge < -0.3 is 15.5 Å². The molecule has 0 radical (unpaired) electrons. The van der Waals surface area contributed by atoms with E-state index in [0.717, 1.165) is 44.6 Å². The van der Waals surface area contributed by atoms with E-state index in [1.54, 1.807) is 0 Å². The van der Waals surface area contributed by atoms with Gasteiger partial charge in [-0.05, 0) is 65.8 Å². The van der Waals surface area contributed by atoms with E-state index < -0.39 is 29.0 Å². The maximum Gasteiger partial charge on any atom is 0.416 e. The lowest BCUT2D eigenvalue weighted by Gasteiger charge is -2.42. The molecule has 5 rings (SSSR count). The summed E-state index contributed by atoms with van der Waals surface area (Å²) < 4.78 is 79.6. The topological polar surface area (TPSA) is 27.3 Å². The summed E-state index contributed by atoms with van der Waals surface area (Å²) in [4.78, 5) is 2.40. The highest BCUT2D eigenvalue weighted by molar-refractivity contribution is 5.70. The molecule has 3 aliphatic heterocycles. The summed E-state index contributed by atoms with van der Waals surface area (Å²) in [6, 6.07) is 5.51. The van der Waals surface area contributed by atoms with E-state index in [4.69, 9.17) is 0 Å². The molecule has 3 nitrogen and oxygen atoms in total. The van der Waals surface area contributed by atoms with Gasteiger partial charge in [0.2, 0.25) is 0 Å². The summed E-state index contributed by atoms with van der Waals surface area (Å²) in [6.07, 6.45) is -7.54. The fraction of sp³-hybridized carbons (Fsp3) is 0.478. The Labute approximate surface area is 181 Å². The van der Waals surface area contributed by atoms with Gasteiger partial charge in [-0.3, -0.25) is 0 Å². The highest BCUT2D eigenvalue weighted by atomic mass is 19.4. The molecule has 172 valence electrons. The number of hydrogen-bond acceptors (Lipinski definition) is 3. The molecule has 0 spiro atoms. The lowest BCUT2D eigenvalue weighted by Crippen LogP contribution is -2.41.